The molecular weight excluding hydrogens is 382 g/mol. The van der Waals surface area contributed by atoms with Crippen LogP contribution in [-0.2, 0) is 9.59 Å². The molecule has 3 aromatic rings. The zero-order valence-electron chi connectivity index (χ0n) is 14.6. The zero-order valence-corrected chi connectivity index (χ0v) is 15.4. The summed E-state index contributed by atoms with van der Waals surface area (Å²) in [6, 6.07) is 14.0. The molecule has 0 radical (unpaired) electrons. The molecule has 142 valence electrons. The van der Waals surface area contributed by atoms with Gasteiger partial charge in [-0.2, -0.15) is 10.1 Å². The lowest BCUT2D eigenvalue weighted by molar-refractivity contribution is -0.118. The predicted molar refractivity (Wildman–Crippen MR) is 103 cm³/mol. The van der Waals surface area contributed by atoms with Crippen LogP contribution in [0.5, 0.6) is 5.75 Å². The minimum atomic E-state index is -0.306. The Balaban J connectivity index is 1.44. The number of benzene rings is 2. The van der Waals surface area contributed by atoms with Gasteiger partial charge in [-0.05, 0) is 29.8 Å². The van der Waals surface area contributed by atoms with Crippen LogP contribution in [-0.4, -0.2) is 33.2 Å². The van der Waals surface area contributed by atoms with E-state index in [4.69, 9.17) is 16.3 Å². The molecule has 0 saturated carbocycles. The maximum Gasteiger partial charge on any atom is 0.262 e. The SMILES string of the molecule is O=C(COc1ccc([C@@H]2CC(=O)Nc3ncnn32)cc1Cl)Nc1ccccc1. The molecule has 2 aromatic carbocycles. The maximum absolute atomic E-state index is 12.0. The Bertz CT molecular complexity index is 1020. The summed E-state index contributed by atoms with van der Waals surface area (Å²) in [7, 11) is 0. The number of aromatic nitrogens is 3. The van der Waals surface area contributed by atoms with Crippen molar-refractivity contribution in [2.45, 2.75) is 12.5 Å². The molecule has 0 aliphatic carbocycles. The van der Waals surface area contributed by atoms with Gasteiger partial charge in [0.25, 0.3) is 5.91 Å². The first-order valence-electron chi connectivity index (χ1n) is 8.56. The Hall–Kier alpha value is -3.39. The van der Waals surface area contributed by atoms with E-state index in [0.717, 1.165) is 5.56 Å². The molecule has 2 N–H and O–H groups in total. The summed E-state index contributed by atoms with van der Waals surface area (Å²) in [4.78, 5) is 27.9. The average Bonchev–Trinajstić information content (AvgIpc) is 3.15. The third-order valence-corrected chi connectivity index (χ3v) is 4.55. The van der Waals surface area contributed by atoms with Gasteiger partial charge in [0.05, 0.1) is 17.5 Å². The molecule has 0 saturated heterocycles. The van der Waals surface area contributed by atoms with Crippen molar-refractivity contribution < 1.29 is 14.3 Å². The lowest BCUT2D eigenvalue weighted by Gasteiger charge is -2.24. The Morgan fingerprint density at radius 1 is 1.29 bits per heavy atom. The van der Waals surface area contributed by atoms with Crippen LogP contribution in [0.15, 0.2) is 54.9 Å². The van der Waals surface area contributed by atoms with Crippen molar-refractivity contribution >= 4 is 35.1 Å². The largest absolute Gasteiger partial charge is 0.482 e. The number of carbonyl (C=O) groups excluding carboxylic acids is 2. The van der Waals surface area contributed by atoms with Crippen LogP contribution in [0.4, 0.5) is 11.6 Å². The molecule has 28 heavy (non-hydrogen) atoms. The van der Waals surface area contributed by atoms with E-state index in [1.165, 1.54) is 6.33 Å². The first-order valence-corrected chi connectivity index (χ1v) is 8.94. The number of rotatable bonds is 5. The van der Waals surface area contributed by atoms with Crippen LogP contribution >= 0.6 is 11.6 Å². The lowest BCUT2D eigenvalue weighted by atomic mass is 10.0. The second-order valence-corrected chi connectivity index (χ2v) is 6.60. The fraction of sp³-hybridized carbons (Fsp3) is 0.158. The number of amides is 2. The molecule has 0 unspecified atom stereocenters. The first kappa shape index (κ1) is 18.0. The van der Waals surface area contributed by atoms with Crippen molar-refractivity contribution in [3.05, 3.63) is 65.4 Å². The molecule has 1 aromatic heterocycles. The highest BCUT2D eigenvalue weighted by molar-refractivity contribution is 6.32. The summed E-state index contributed by atoms with van der Waals surface area (Å²) in [5.41, 5.74) is 1.49. The Morgan fingerprint density at radius 2 is 2.11 bits per heavy atom. The molecule has 9 heteroatoms. The van der Waals surface area contributed by atoms with E-state index in [1.54, 1.807) is 35.0 Å². The van der Waals surface area contributed by atoms with E-state index < -0.39 is 0 Å². The molecule has 0 bridgehead atoms. The van der Waals surface area contributed by atoms with Crippen LogP contribution in [0.1, 0.15) is 18.0 Å². The third-order valence-electron chi connectivity index (χ3n) is 4.26. The van der Waals surface area contributed by atoms with Gasteiger partial charge >= 0.3 is 0 Å². The van der Waals surface area contributed by atoms with Gasteiger partial charge in [-0.1, -0.05) is 35.9 Å². The quantitative estimate of drug-likeness (QED) is 0.689. The van der Waals surface area contributed by atoms with Crippen molar-refractivity contribution in [3.63, 3.8) is 0 Å². The molecule has 0 spiro atoms. The maximum atomic E-state index is 12.0. The van der Waals surface area contributed by atoms with Crippen LogP contribution < -0.4 is 15.4 Å². The fourth-order valence-corrected chi connectivity index (χ4v) is 3.21. The molecular formula is C19H16ClN5O3. The van der Waals surface area contributed by atoms with Gasteiger partial charge < -0.3 is 10.1 Å². The highest BCUT2D eigenvalue weighted by Gasteiger charge is 2.28. The van der Waals surface area contributed by atoms with E-state index >= 15 is 0 Å². The van der Waals surface area contributed by atoms with Crippen LogP contribution in [0, 0.1) is 0 Å². The van der Waals surface area contributed by atoms with E-state index in [2.05, 4.69) is 20.7 Å². The van der Waals surface area contributed by atoms with E-state index in [-0.39, 0.29) is 30.9 Å². The number of nitrogens with one attached hydrogen (secondary N) is 2. The summed E-state index contributed by atoms with van der Waals surface area (Å²) >= 11 is 6.33. The third kappa shape index (κ3) is 3.81. The van der Waals surface area contributed by atoms with E-state index in [0.29, 0.717) is 22.4 Å². The molecule has 0 fully saturated rings. The highest BCUT2D eigenvalue weighted by Crippen LogP contribution is 2.33. The average molecular weight is 398 g/mol. The number of ether oxygens (including phenoxy) is 1. The standard InChI is InChI=1S/C19H16ClN5O3/c20-14-8-12(15-9-17(26)24-19-21-11-22-25(15)19)6-7-16(14)28-10-18(27)23-13-4-2-1-3-5-13/h1-8,11,15H,9-10H2,(H,23,27)(H,21,22,24,26)/t15-/m0/s1. The predicted octanol–water partition coefficient (Wildman–Crippen LogP) is 2.88. The first-order chi connectivity index (χ1) is 13.6. The minimum Gasteiger partial charge on any atom is -0.482 e. The van der Waals surface area contributed by atoms with Gasteiger partial charge in [0.1, 0.15) is 12.1 Å². The monoisotopic (exact) mass is 397 g/mol. The molecule has 2 amide bonds. The normalized spacial score (nSPS) is 15.5. The highest BCUT2D eigenvalue weighted by atomic mass is 35.5. The molecule has 1 aliphatic heterocycles. The summed E-state index contributed by atoms with van der Waals surface area (Å²) in [5.74, 6) is 0.352. The van der Waals surface area contributed by atoms with Gasteiger partial charge in [0.2, 0.25) is 11.9 Å². The van der Waals surface area contributed by atoms with E-state index in [9.17, 15) is 9.59 Å². The lowest BCUT2D eigenvalue weighted by Crippen LogP contribution is -2.29. The zero-order chi connectivity index (χ0) is 19.5. The summed E-state index contributed by atoms with van der Waals surface area (Å²) in [6.07, 6.45) is 1.62. The topological polar surface area (TPSA) is 98.1 Å². The number of nitrogens with zero attached hydrogens (tertiary/aromatic N) is 3. The van der Waals surface area contributed by atoms with E-state index in [1.807, 2.05) is 18.2 Å². The number of halogens is 1. The van der Waals surface area contributed by atoms with Crippen molar-refractivity contribution in [3.8, 4) is 5.75 Å². The van der Waals surface area contributed by atoms with Crippen molar-refractivity contribution in [1.82, 2.24) is 14.8 Å². The fourth-order valence-electron chi connectivity index (χ4n) is 2.97. The van der Waals surface area contributed by atoms with Crippen LogP contribution in [0.3, 0.4) is 0 Å². The Labute approximate surface area is 165 Å². The number of carbonyl (C=O) groups is 2. The molecule has 1 aliphatic rings. The van der Waals surface area contributed by atoms with Crippen LogP contribution in [0.25, 0.3) is 0 Å². The molecule has 8 nitrogen and oxygen atoms in total. The van der Waals surface area contributed by atoms with Crippen LogP contribution in [0.2, 0.25) is 5.02 Å². The minimum absolute atomic E-state index is 0.139. The Kier molecular flexibility index (Phi) is 4.94. The molecule has 1 atom stereocenters. The smallest absolute Gasteiger partial charge is 0.262 e. The number of fused-ring (bicyclic) bond motifs is 1. The van der Waals surface area contributed by atoms with Gasteiger partial charge in [-0.15, -0.1) is 0 Å². The summed E-state index contributed by atoms with van der Waals surface area (Å²) < 4.78 is 7.17. The number of hydrogen-bond acceptors (Lipinski definition) is 5. The Morgan fingerprint density at radius 3 is 2.89 bits per heavy atom. The van der Waals surface area contributed by atoms with Crippen molar-refractivity contribution in [2.24, 2.45) is 0 Å². The number of anilines is 2. The van der Waals surface area contributed by atoms with Gasteiger partial charge in [-0.3, -0.25) is 14.9 Å². The number of hydrogen-bond donors (Lipinski definition) is 2. The molecule has 4 rings (SSSR count). The second kappa shape index (κ2) is 7.69. The second-order valence-electron chi connectivity index (χ2n) is 6.19. The van der Waals surface area contributed by atoms with Crippen molar-refractivity contribution in [1.29, 1.82) is 0 Å². The van der Waals surface area contributed by atoms with Gasteiger partial charge in [-0.25, -0.2) is 4.68 Å². The molecule has 2 heterocycles. The summed E-state index contributed by atoms with van der Waals surface area (Å²) in [5, 5.41) is 9.91. The number of para-hydroxylation sites is 1. The van der Waals surface area contributed by atoms with Crippen molar-refractivity contribution in [2.75, 3.05) is 17.2 Å². The van der Waals surface area contributed by atoms with Gasteiger partial charge in [0, 0.05) is 5.69 Å². The summed E-state index contributed by atoms with van der Waals surface area (Å²) in [6.45, 7) is -0.174. The van der Waals surface area contributed by atoms with Gasteiger partial charge in [0.15, 0.2) is 6.61 Å².